The lowest BCUT2D eigenvalue weighted by Gasteiger charge is -2.64. The van der Waals surface area contributed by atoms with Gasteiger partial charge >= 0.3 is 5.97 Å². The van der Waals surface area contributed by atoms with Gasteiger partial charge in [-0.05, 0) is 112 Å². The molecule has 0 heterocycles. The van der Waals surface area contributed by atoms with Crippen molar-refractivity contribution in [2.24, 2.45) is 46.3 Å². The summed E-state index contributed by atoms with van der Waals surface area (Å²) < 4.78 is 11.4. The molecule has 10 atom stereocenters. The molecule has 5 heteroatoms. The molecule has 0 amide bonds. The number of fused-ring (bicyclic) bond motifs is 5. The maximum Gasteiger partial charge on any atom is 0.309 e. The third-order valence-corrected chi connectivity index (χ3v) is 10.9. The lowest BCUT2D eigenvalue weighted by atomic mass is 9.43. The number of ether oxygens (including phenoxy) is 2. The number of aliphatic hydroxyl groups excluding tert-OH is 1. The monoisotopic (exact) mass is 477 g/mol. The van der Waals surface area contributed by atoms with Gasteiger partial charge in [0.05, 0.1) is 25.2 Å². The SMILES string of the molecule is CCOC1C[C@@]2(C)C(CC[C@@H]3[C@H]2C(NCCCC(C)C)C[C@]2(C)C(C(=O)OC)CC[C@@H]32)CC1O. The topological polar surface area (TPSA) is 67.8 Å². The van der Waals surface area contributed by atoms with E-state index in [0.717, 1.165) is 44.6 Å². The molecule has 0 saturated heterocycles. The Morgan fingerprint density at radius 1 is 1.12 bits per heavy atom. The van der Waals surface area contributed by atoms with E-state index in [9.17, 15) is 9.90 Å². The maximum atomic E-state index is 12.8. The van der Waals surface area contributed by atoms with Crippen LogP contribution in [0.15, 0.2) is 0 Å². The summed E-state index contributed by atoms with van der Waals surface area (Å²) in [7, 11) is 1.56. The molecule has 4 aliphatic rings. The van der Waals surface area contributed by atoms with Crippen LogP contribution in [-0.2, 0) is 14.3 Å². The first-order chi connectivity index (χ1) is 16.2. The normalized spacial score (nSPS) is 46.0. The molecule has 0 radical (unpaired) electrons. The minimum Gasteiger partial charge on any atom is -0.469 e. The van der Waals surface area contributed by atoms with Crippen molar-refractivity contribution in [3.63, 3.8) is 0 Å². The zero-order chi connectivity index (χ0) is 24.7. The molecule has 4 saturated carbocycles. The van der Waals surface area contributed by atoms with Crippen LogP contribution >= 0.6 is 0 Å². The van der Waals surface area contributed by atoms with Gasteiger partial charge in [0.1, 0.15) is 0 Å². The number of hydrogen-bond donors (Lipinski definition) is 2. The number of esters is 1. The average Bonchev–Trinajstić information content (AvgIpc) is 3.13. The van der Waals surface area contributed by atoms with Crippen molar-refractivity contribution in [1.29, 1.82) is 0 Å². The summed E-state index contributed by atoms with van der Waals surface area (Å²) in [6.45, 7) is 13.3. The molecule has 196 valence electrons. The van der Waals surface area contributed by atoms with Gasteiger partial charge in [0.2, 0.25) is 0 Å². The van der Waals surface area contributed by atoms with E-state index in [4.69, 9.17) is 9.47 Å². The number of carbonyl (C=O) groups excluding carboxylic acids is 1. The van der Waals surface area contributed by atoms with Gasteiger partial charge in [-0.25, -0.2) is 0 Å². The Kier molecular flexibility index (Phi) is 8.06. The number of carbonyl (C=O) groups is 1. The zero-order valence-corrected chi connectivity index (χ0v) is 22.6. The van der Waals surface area contributed by atoms with E-state index in [-0.39, 0.29) is 34.9 Å². The smallest absolute Gasteiger partial charge is 0.309 e. The Morgan fingerprint density at radius 3 is 2.56 bits per heavy atom. The minimum absolute atomic E-state index is 0.000830. The summed E-state index contributed by atoms with van der Waals surface area (Å²) in [5, 5.41) is 14.9. The molecule has 0 aromatic rings. The molecule has 4 rings (SSSR count). The van der Waals surface area contributed by atoms with Crippen LogP contribution in [0.2, 0.25) is 0 Å². The van der Waals surface area contributed by atoms with E-state index in [2.05, 4.69) is 33.0 Å². The highest BCUT2D eigenvalue weighted by molar-refractivity contribution is 5.74. The third kappa shape index (κ3) is 4.59. The van der Waals surface area contributed by atoms with Crippen molar-refractivity contribution in [1.82, 2.24) is 5.32 Å². The van der Waals surface area contributed by atoms with E-state index in [1.165, 1.54) is 25.7 Å². The van der Waals surface area contributed by atoms with Crippen molar-refractivity contribution in [3.05, 3.63) is 0 Å². The van der Waals surface area contributed by atoms with E-state index in [0.29, 0.717) is 36.3 Å². The summed E-state index contributed by atoms with van der Waals surface area (Å²) in [5.41, 5.74) is 0.184. The number of hydrogen-bond acceptors (Lipinski definition) is 5. The second kappa shape index (κ2) is 10.4. The van der Waals surface area contributed by atoms with Crippen molar-refractivity contribution < 1.29 is 19.4 Å². The molecule has 0 bridgehead atoms. The third-order valence-electron chi connectivity index (χ3n) is 10.9. The van der Waals surface area contributed by atoms with Crippen LogP contribution in [0.5, 0.6) is 0 Å². The van der Waals surface area contributed by atoms with E-state index in [1.807, 2.05) is 6.92 Å². The molecule has 5 nitrogen and oxygen atoms in total. The average molecular weight is 478 g/mol. The molecule has 4 aliphatic carbocycles. The molecular weight excluding hydrogens is 426 g/mol. The highest BCUT2D eigenvalue weighted by Gasteiger charge is 2.65. The quantitative estimate of drug-likeness (QED) is 0.372. The van der Waals surface area contributed by atoms with Crippen LogP contribution in [0.4, 0.5) is 0 Å². The fourth-order valence-corrected chi connectivity index (χ4v) is 9.35. The van der Waals surface area contributed by atoms with E-state index < -0.39 is 0 Å². The van der Waals surface area contributed by atoms with E-state index >= 15 is 0 Å². The highest BCUT2D eigenvalue weighted by Crippen LogP contribution is 2.67. The van der Waals surface area contributed by atoms with Crippen LogP contribution in [-0.4, -0.2) is 49.6 Å². The fourth-order valence-electron chi connectivity index (χ4n) is 9.35. The van der Waals surface area contributed by atoms with Crippen molar-refractivity contribution in [3.8, 4) is 0 Å². The van der Waals surface area contributed by atoms with Gasteiger partial charge in [0.15, 0.2) is 0 Å². The van der Waals surface area contributed by atoms with Gasteiger partial charge in [-0.2, -0.15) is 0 Å². The summed E-state index contributed by atoms with van der Waals surface area (Å²) in [6.07, 6.45) is 9.50. The Hall–Kier alpha value is -0.650. The van der Waals surface area contributed by atoms with Gasteiger partial charge in [-0.3, -0.25) is 4.79 Å². The molecule has 0 aliphatic heterocycles. The summed E-state index contributed by atoms with van der Waals surface area (Å²) >= 11 is 0. The Bertz CT molecular complexity index is 712. The lowest BCUT2D eigenvalue weighted by Crippen LogP contribution is -2.64. The number of methoxy groups -OCH3 is 1. The van der Waals surface area contributed by atoms with Crippen molar-refractivity contribution in [2.45, 2.75) is 111 Å². The largest absolute Gasteiger partial charge is 0.469 e. The summed E-state index contributed by atoms with van der Waals surface area (Å²) in [6, 6.07) is 0.411. The summed E-state index contributed by atoms with van der Waals surface area (Å²) in [5.74, 6) is 3.11. The Balaban J connectivity index is 1.64. The van der Waals surface area contributed by atoms with Crippen LogP contribution in [0, 0.1) is 46.3 Å². The predicted octanol–water partition coefficient (Wildman–Crippen LogP) is 5.20. The lowest BCUT2D eigenvalue weighted by molar-refractivity contribution is -0.182. The standard InChI is InChI=1S/C29H51NO4/c1-7-34-25-17-28(4)19(15-24(25)31)10-11-20-21-12-13-22(27(32)33-6)29(21,5)16-23(26(20)28)30-14-8-9-18(2)3/h18-26,30-31H,7-17H2,1-6H3/t19?,20-,21-,22?,23?,24?,25?,26-,28-,29-/m0/s1. The second-order valence-electron chi connectivity index (χ2n) is 13.0. The first-order valence-electron chi connectivity index (χ1n) is 14.3. The highest BCUT2D eigenvalue weighted by atomic mass is 16.5. The first-order valence-corrected chi connectivity index (χ1v) is 14.3. The van der Waals surface area contributed by atoms with Gasteiger partial charge in [0, 0.05) is 12.6 Å². The number of rotatable bonds is 8. The predicted molar refractivity (Wildman–Crippen MR) is 135 cm³/mol. The van der Waals surface area contributed by atoms with Crippen LogP contribution < -0.4 is 5.32 Å². The molecule has 0 spiro atoms. The number of nitrogens with one attached hydrogen (secondary N) is 1. The molecular formula is C29H51NO4. The zero-order valence-electron chi connectivity index (χ0n) is 22.6. The summed E-state index contributed by atoms with van der Waals surface area (Å²) in [4.78, 5) is 12.8. The maximum absolute atomic E-state index is 12.8. The minimum atomic E-state index is -0.337. The van der Waals surface area contributed by atoms with Gasteiger partial charge in [-0.1, -0.05) is 27.7 Å². The Labute approximate surface area is 208 Å². The fraction of sp³-hybridized carbons (Fsp3) is 0.966. The molecule has 34 heavy (non-hydrogen) atoms. The molecule has 2 N–H and O–H groups in total. The molecule has 4 fully saturated rings. The van der Waals surface area contributed by atoms with Crippen LogP contribution in [0.1, 0.15) is 92.4 Å². The Morgan fingerprint density at radius 2 is 1.88 bits per heavy atom. The second-order valence-corrected chi connectivity index (χ2v) is 13.0. The molecule has 5 unspecified atom stereocenters. The van der Waals surface area contributed by atoms with Crippen LogP contribution in [0.25, 0.3) is 0 Å². The van der Waals surface area contributed by atoms with Gasteiger partial charge in [-0.15, -0.1) is 0 Å². The molecule has 0 aromatic carbocycles. The van der Waals surface area contributed by atoms with E-state index in [1.54, 1.807) is 7.11 Å². The first kappa shape index (κ1) is 26.4. The van der Waals surface area contributed by atoms with Crippen LogP contribution in [0.3, 0.4) is 0 Å². The molecule has 0 aromatic heterocycles. The van der Waals surface area contributed by atoms with Gasteiger partial charge < -0.3 is 19.9 Å². The van der Waals surface area contributed by atoms with Crippen molar-refractivity contribution >= 4 is 5.97 Å². The van der Waals surface area contributed by atoms with Gasteiger partial charge in [0.25, 0.3) is 0 Å². The number of aliphatic hydroxyl groups is 1. The van der Waals surface area contributed by atoms with Crippen molar-refractivity contribution in [2.75, 3.05) is 20.3 Å².